The predicted octanol–water partition coefficient (Wildman–Crippen LogP) is 1.71. The molecule has 1 aliphatic rings. The molecule has 0 aromatic heterocycles. The van der Waals surface area contributed by atoms with E-state index in [2.05, 4.69) is 0 Å². The van der Waals surface area contributed by atoms with Crippen molar-refractivity contribution in [2.24, 2.45) is 0 Å². The molecule has 4 nitrogen and oxygen atoms in total. The van der Waals surface area contributed by atoms with Gasteiger partial charge in [0, 0.05) is 0 Å². The van der Waals surface area contributed by atoms with Crippen LogP contribution in [-0.4, -0.2) is 26.9 Å². The molecule has 2 unspecified atom stereocenters. The molecule has 0 bridgehead atoms. The fourth-order valence-electron chi connectivity index (χ4n) is 1.74. The van der Waals surface area contributed by atoms with Crippen LogP contribution in [0.2, 0.25) is 0 Å². The van der Waals surface area contributed by atoms with Gasteiger partial charge < -0.3 is 4.74 Å². The van der Waals surface area contributed by atoms with Gasteiger partial charge in [-0.1, -0.05) is 30.3 Å². The van der Waals surface area contributed by atoms with Crippen LogP contribution in [-0.2, 0) is 25.6 Å². The lowest BCUT2D eigenvalue weighted by atomic mass is 9.92. The third-order valence-corrected chi connectivity index (χ3v) is 3.35. The van der Waals surface area contributed by atoms with Crippen molar-refractivity contribution in [2.45, 2.75) is 31.7 Å². The SMILES string of the molecule is CS(=O)(=O)OC1CCC1OCc1ccccc1. The van der Waals surface area contributed by atoms with Crippen molar-refractivity contribution in [1.29, 1.82) is 0 Å². The maximum Gasteiger partial charge on any atom is 0.264 e. The fraction of sp³-hybridized carbons (Fsp3) is 0.500. The monoisotopic (exact) mass is 256 g/mol. The standard InChI is InChI=1S/C12H16O4S/c1-17(13,14)16-12-8-7-11(12)15-9-10-5-3-2-4-6-10/h2-6,11-12H,7-9H2,1H3. The normalized spacial score (nSPS) is 24.3. The maximum absolute atomic E-state index is 11.0. The lowest BCUT2D eigenvalue weighted by Gasteiger charge is -2.34. The molecule has 1 aromatic carbocycles. The van der Waals surface area contributed by atoms with Gasteiger partial charge in [-0.05, 0) is 18.4 Å². The van der Waals surface area contributed by atoms with Crippen molar-refractivity contribution in [2.75, 3.05) is 6.26 Å². The summed E-state index contributed by atoms with van der Waals surface area (Å²) in [5.41, 5.74) is 1.08. The van der Waals surface area contributed by atoms with Gasteiger partial charge in [0.05, 0.1) is 19.0 Å². The summed E-state index contributed by atoms with van der Waals surface area (Å²) in [6, 6.07) is 9.80. The molecule has 0 spiro atoms. The molecule has 0 amide bonds. The Morgan fingerprint density at radius 1 is 1.18 bits per heavy atom. The van der Waals surface area contributed by atoms with Gasteiger partial charge in [0.2, 0.25) is 0 Å². The summed E-state index contributed by atoms with van der Waals surface area (Å²) in [4.78, 5) is 0. The lowest BCUT2D eigenvalue weighted by Crippen LogP contribution is -2.42. The van der Waals surface area contributed by atoms with Crippen molar-refractivity contribution in [3.63, 3.8) is 0 Å². The van der Waals surface area contributed by atoms with Crippen molar-refractivity contribution in [3.8, 4) is 0 Å². The second-order valence-electron chi connectivity index (χ2n) is 4.25. The highest BCUT2D eigenvalue weighted by Gasteiger charge is 2.35. The molecule has 0 heterocycles. The van der Waals surface area contributed by atoms with Gasteiger partial charge >= 0.3 is 0 Å². The number of hydrogen-bond donors (Lipinski definition) is 0. The Morgan fingerprint density at radius 3 is 2.35 bits per heavy atom. The zero-order valence-electron chi connectivity index (χ0n) is 9.70. The number of rotatable bonds is 5. The van der Waals surface area contributed by atoms with E-state index in [9.17, 15) is 8.42 Å². The van der Waals surface area contributed by atoms with E-state index in [1.54, 1.807) is 0 Å². The molecule has 0 saturated heterocycles. The third kappa shape index (κ3) is 3.80. The highest BCUT2D eigenvalue weighted by atomic mass is 32.2. The molecule has 1 aliphatic carbocycles. The minimum Gasteiger partial charge on any atom is -0.371 e. The summed E-state index contributed by atoms with van der Waals surface area (Å²) < 4.78 is 32.5. The molecule has 1 aromatic rings. The zero-order chi connectivity index (χ0) is 12.3. The summed E-state index contributed by atoms with van der Waals surface area (Å²) in [5, 5.41) is 0. The molecule has 1 saturated carbocycles. The average molecular weight is 256 g/mol. The highest BCUT2D eigenvalue weighted by molar-refractivity contribution is 7.86. The molecule has 0 N–H and O–H groups in total. The van der Waals surface area contributed by atoms with Crippen LogP contribution in [0.5, 0.6) is 0 Å². The van der Waals surface area contributed by atoms with Gasteiger partial charge in [-0.25, -0.2) is 0 Å². The summed E-state index contributed by atoms with van der Waals surface area (Å²) in [5.74, 6) is 0. The van der Waals surface area contributed by atoms with Crippen LogP contribution < -0.4 is 0 Å². The van der Waals surface area contributed by atoms with Crippen LogP contribution in [0.1, 0.15) is 18.4 Å². The minimum atomic E-state index is -3.38. The Hall–Kier alpha value is -0.910. The number of hydrogen-bond acceptors (Lipinski definition) is 4. The first-order chi connectivity index (χ1) is 8.04. The molecule has 0 radical (unpaired) electrons. The molecular weight excluding hydrogens is 240 g/mol. The fourth-order valence-corrected chi connectivity index (χ4v) is 2.41. The van der Waals surface area contributed by atoms with E-state index < -0.39 is 10.1 Å². The van der Waals surface area contributed by atoms with Crippen LogP contribution in [0.4, 0.5) is 0 Å². The third-order valence-electron chi connectivity index (χ3n) is 2.76. The quantitative estimate of drug-likeness (QED) is 0.753. The molecule has 2 atom stereocenters. The van der Waals surface area contributed by atoms with E-state index in [1.165, 1.54) is 0 Å². The highest BCUT2D eigenvalue weighted by Crippen LogP contribution is 2.28. The summed E-state index contributed by atoms with van der Waals surface area (Å²) in [6.45, 7) is 0.495. The van der Waals surface area contributed by atoms with Gasteiger partial charge in [0.15, 0.2) is 0 Å². The molecule has 17 heavy (non-hydrogen) atoms. The van der Waals surface area contributed by atoms with Crippen molar-refractivity contribution >= 4 is 10.1 Å². The van der Waals surface area contributed by atoms with E-state index in [-0.39, 0.29) is 12.2 Å². The first-order valence-corrected chi connectivity index (χ1v) is 7.40. The second-order valence-corrected chi connectivity index (χ2v) is 5.85. The van der Waals surface area contributed by atoms with Crippen LogP contribution >= 0.6 is 0 Å². The second kappa shape index (κ2) is 5.16. The topological polar surface area (TPSA) is 52.6 Å². The van der Waals surface area contributed by atoms with Crippen LogP contribution in [0.25, 0.3) is 0 Å². The smallest absolute Gasteiger partial charge is 0.264 e. The van der Waals surface area contributed by atoms with Crippen LogP contribution in [0, 0.1) is 0 Å². The van der Waals surface area contributed by atoms with E-state index >= 15 is 0 Å². The predicted molar refractivity (Wildman–Crippen MR) is 64.0 cm³/mol. The van der Waals surface area contributed by atoms with Crippen molar-refractivity contribution < 1.29 is 17.3 Å². The number of ether oxygens (including phenoxy) is 1. The Bertz CT molecular complexity index is 455. The van der Waals surface area contributed by atoms with Gasteiger partial charge in [-0.15, -0.1) is 0 Å². The molecule has 0 aliphatic heterocycles. The Kier molecular flexibility index (Phi) is 3.81. The molecule has 94 valence electrons. The largest absolute Gasteiger partial charge is 0.371 e. The average Bonchev–Trinajstić information content (AvgIpc) is 2.25. The lowest BCUT2D eigenvalue weighted by molar-refractivity contribution is -0.0889. The van der Waals surface area contributed by atoms with E-state index in [0.717, 1.165) is 24.7 Å². The van der Waals surface area contributed by atoms with Gasteiger partial charge in [0.1, 0.15) is 6.10 Å². The summed E-state index contributed by atoms with van der Waals surface area (Å²) in [6.07, 6.45) is 2.25. The Labute approximate surface area is 102 Å². The Balaban J connectivity index is 1.81. The molecular formula is C12H16O4S. The van der Waals surface area contributed by atoms with Crippen molar-refractivity contribution in [1.82, 2.24) is 0 Å². The van der Waals surface area contributed by atoms with Gasteiger partial charge in [0.25, 0.3) is 10.1 Å². The van der Waals surface area contributed by atoms with E-state index in [0.29, 0.717) is 6.61 Å². The van der Waals surface area contributed by atoms with Crippen LogP contribution in [0.3, 0.4) is 0 Å². The molecule has 1 fully saturated rings. The maximum atomic E-state index is 11.0. The zero-order valence-corrected chi connectivity index (χ0v) is 10.5. The molecule has 5 heteroatoms. The van der Waals surface area contributed by atoms with Gasteiger partial charge in [-0.2, -0.15) is 8.42 Å². The first kappa shape index (κ1) is 12.5. The van der Waals surface area contributed by atoms with Crippen LogP contribution in [0.15, 0.2) is 30.3 Å². The van der Waals surface area contributed by atoms with Gasteiger partial charge in [-0.3, -0.25) is 4.18 Å². The summed E-state index contributed by atoms with van der Waals surface area (Å²) in [7, 11) is -3.38. The Morgan fingerprint density at radius 2 is 1.82 bits per heavy atom. The molecule has 2 rings (SSSR count). The first-order valence-electron chi connectivity index (χ1n) is 5.58. The minimum absolute atomic E-state index is 0.107. The van der Waals surface area contributed by atoms with Crippen molar-refractivity contribution in [3.05, 3.63) is 35.9 Å². The number of benzene rings is 1. The summed E-state index contributed by atoms with van der Waals surface area (Å²) >= 11 is 0. The van der Waals surface area contributed by atoms with E-state index in [4.69, 9.17) is 8.92 Å². The van der Waals surface area contributed by atoms with E-state index in [1.807, 2.05) is 30.3 Å².